The van der Waals surface area contributed by atoms with Crippen molar-refractivity contribution in [2.24, 2.45) is 0 Å². The Morgan fingerprint density at radius 1 is 1.19 bits per heavy atom. The summed E-state index contributed by atoms with van der Waals surface area (Å²) in [5.74, 6) is -0.559. The lowest BCUT2D eigenvalue weighted by molar-refractivity contribution is -0.135. The lowest BCUT2D eigenvalue weighted by Crippen LogP contribution is -2.49. The van der Waals surface area contributed by atoms with Crippen LogP contribution in [0.25, 0.3) is 10.9 Å². The maximum Gasteiger partial charge on any atom is 0.226 e. The predicted molar refractivity (Wildman–Crippen MR) is 115 cm³/mol. The van der Waals surface area contributed by atoms with Crippen molar-refractivity contribution in [2.75, 3.05) is 18.4 Å². The summed E-state index contributed by atoms with van der Waals surface area (Å²) in [5, 5.41) is 19.1. The topological polar surface area (TPSA) is 87.5 Å². The molecule has 2 heterocycles. The molecule has 0 saturated carbocycles. The Balaban J connectivity index is 1.38. The molecule has 0 atom stereocenters. The zero-order valence-electron chi connectivity index (χ0n) is 17.3. The smallest absolute Gasteiger partial charge is 0.226 e. The van der Waals surface area contributed by atoms with Crippen LogP contribution in [0, 0.1) is 5.82 Å². The average Bonchev–Trinajstić information content (AvgIpc) is 3.09. The number of aromatic nitrogens is 2. The Labute approximate surface area is 179 Å². The molecule has 0 spiro atoms. The van der Waals surface area contributed by atoms with E-state index in [-0.39, 0.29) is 24.1 Å². The van der Waals surface area contributed by atoms with Crippen LogP contribution in [0.5, 0.6) is 0 Å². The third kappa shape index (κ3) is 4.91. The summed E-state index contributed by atoms with van der Waals surface area (Å²) < 4.78 is 15.1. The van der Waals surface area contributed by atoms with Crippen molar-refractivity contribution in [1.82, 2.24) is 14.7 Å². The van der Waals surface area contributed by atoms with E-state index in [4.69, 9.17) is 0 Å². The quantitative estimate of drug-likeness (QED) is 0.659. The van der Waals surface area contributed by atoms with E-state index in [0.717, 1.165) is 10.9 Å². The van der Waals surface area contributed by atoms with Gasteiger partial charge < -0.3 is 15.3 Å². The number of amides is 2. The van der Waals surface area contributed by atoms with E-state index < -0.39 is 5.60 Å². The van der Waals surface area contributed by atoms with E-state index in [1.165, 1.54) is 19.1 Å². The van der Waals surface area contributed by atoms with E-state index in [1.54, 1.807) is 34.0 Å². The second-order valence-electron chi connectivity index (χ2n) is 8.17. The number of nitrogens with one attached hydrogen (secondary N) is 1. The first-order valence-electron chi connectivity index (χ1n) is 10.3. The van der Waals surface area contributed by atoms with Gasteiger partial charge in [-0.3, -0.25) is 14.3 Å². The number of anilines is 1. The number of aliphatic hydroxyl groups is 1. The van der Waals surface area contributed by atoms with E-state index in [9.17, 15) is 19.1 Å². The van der Waals surface area contributed by atoms with E-state index >= 15 is 0 Å². The van der Waals surface area contributed by atoms with Crippen LogP contribution in [0.1, 0.15) is 25.3 Å². The molecule has 2 amide bonds. The minimum absolute atomic E-state index is 0.0670. The third-order valence-electron chi connectivity index (χ3n) is 5.70. The second-order valence-corrected chi connectivity index (χ2v) is 8.17. The zero-order valence-corrected chi connectivity index (χ0v) is 17.3. The molecule has 1 saturated heterocycles. The molecule has 4 rings (SSSR count). The molecule has 31 heavy (non-hydrogen) atoms. The van der Waals surface area contributed by atoms with Gasteiger partial charge in [-0.1, -0.05) is 12.1 Å². The first-order chi connectivity index (χ1) is 14.8. The lowest BCUT2D eigenvalue weighted by atomic mass is 9.91. The number of likely N-dealkylation sites (tertiary alicyclic amines) is 1. The maximum atomic E-state index is 13.3. The number of hydrogen-bond donors (Lipinski definition) is 2. The number of fused-ring (bicyclic) bond motifs is 1. The molecule has 7 nitrogen and oxygen atoms in total. The van der Waals surface area contributed by atoms with Crippen LogP contribution in [-0.4, -0.2) is 50.3 Å². The van der Waals surface area contributed by atoms with Crippen molar-refractivity contribution < 1.29 is 19.1 Å². The fourth-order valence-corrected chi connectivity index (χ4v) is 4.04. The highest BCUT2D eigenvalue weighted by Gasteiger charge is 2.34. The number of nitrogens with zero attached hydrogens (tertiary/aromatic N) is 3. The number of piperidine rings is 1. The molecular formula is C23H25FN4O3. The Bertz CT molecular complexity index is 1120. The third-order valence-corrected chi connectivity index (χ3v) is 5.70. The Morgan fingerprint density at radius 2 is 1.97 bits per heavy atom. The molecule has 3 aromatic rings. The Hall–Kier alpha value is -3.26. The summed E-state index contributed by atoms with van der Waals surface area (Å²) in [4.78, 5) is 25.5. The van der Waals surface area contributed by atoms with Gasteiger partial charge in [0.2, 0.25) is 11.8 Å². The van der Waals surface area contributed by atoms with Gasteiger partial charge in [-0.2, -0.15) is 5.10 Å². The standard InChI is InChI=1S/C23H25FN4O3/c1-16(29)26-20-5-6-21-18(13-20)14-25-28(21)15-23(31)7-9-27(10-8-23)22(30)12-17-3-2-4-19(24)11-17/h2-6,11,13-14,31H,7-10,12,15H2,1H3,(H,26,29). The van der Waals surface area contributed by atoms with Crippen LogP contribution in [-0.2, 0) is 22.6 Å². The normalized spacial score (nSPS) is 15.8. The van der Waals surface area contributed by atoms with E-state index in [0.29, 0.717) is 43.7 Å². The molecule has 1 aromatic heterocycles. The van der Waals surface area contributed by atoms with Crippen molar-refractivity contribution in [3.8, 4) is 0 Å². The van der Waals surface area contributed by atoms with Gasteiger partial charge in [-0.25, -0.2) is 4.39 Å². The summed E-state index contributed by atoms with van der Waals surface area (Å²) in [6, 6.07) is 11.6. The molecule has 0 unspecified atom stereocenters. The SMILES string of the molecule is CC(=O)Nc1ccc2c(cnn2CC2(O)CCN(C(=O)Cc3cccc(F)c3)CC2)c1. The van der Waals surface area contributed by atoms with Crippen molar-refractivity contribution in [3.05, 3.63) is 60.0 Å². The van der Waals surface area contributed by atoms with Crippen LogP contribution in [0.3, 0.4) is 0 Å². The summed E-state index contributed by atoms with van der Waals surface area (Å²) in [6.07, 6.45) is 2.73. The van der Waals surface area contributed by atoms with E-state index in [2.05, 4.69) is 10.4 Å². The van der Waals surface area contributed by atoms with Crippen LogP contribution >= 0.6 is 0 Å². The Morgan fingerprint density at radius 3 is 2.68 bits per heavy atom. The molecule has 0 aliphatic carbocycles. The number of halogens is 1. The lowest BCUT2D eigenvalue weighted by Gasteiger charge is -2.38. The van der Waals surface area contributed by atoms with Crippen molar-refractivity contribution in [2.45, 2.75) is 38.3 Å². The van der Waals surface area contributed by atoms with Crippen LogP contribution in [0.15, 0.2) is 48.7 Å². The maximum absolute atomic E-state index is 13.3. The van der Waals surface area contributed by atoms with E-state index in [1.807, 2.05) is 12.1 Å². The summed E-state index contributed by atoms with van der Waals surface area (Å²) >= 11 is 0. The molecule has 1 fully saturated rings. The molecule has 1 aliphatic rings. The molecule has 162 valence electrons. The van der Waals surface area contributed by atoms with Gasteiger partial charge in [0.25, 0.3) is 0 Å². The minimum Gasteiger partial charge on any atom is -0.388 e. The fourth-order valence-electron chi connectivity index (χ4n) is 4.04. The van der Waals surface area contributed by atoms with Crippen LogP contribution in [0.2, 0.25) is 0 Å². The predicted octanol–water partition coefficient (Wildman–Crippen LogP) is 2.73. The van der Waals surface area contributed by atoms with Crippen LogP contribution < -0.4 is 5.32 Å². The first-order valence-corrected chi connectivity index (χ1v) is 10.3. The first kappa shape index (κ1) is 21.0. The van der Waals surface area contributed by atoms with Gasteiger partial charge in [0.15, 0.2) is 0 Å². The molecular weight excluding hydrogens is 399 g/mol. The highest BCUT2D eigenvalue weighted by atomic mass is 19.1. The molecule has 2 aromatic carbocycles. The number of carbonyl (C=O) groups excluding carboxylic acids is 2. The highest BCUT2D eigenvalue weighted by molar-refractivity contribution is 5.92. The highest BCUT2D eigenvalue weighted by Crippen LogP contribution is 2.27. The average molecular weight is 424 g/mol. The Kier molecular flexibility index (Phi) is 5.73. The minimum atomic E-state index is -0.967. The largest absolute Gasteiger partial charge is 0.388 e. The summed E-state index contributed by atoms with van der Waals surface area (Å²) in [6.45, 7) is 2.66. The van der Waals surface area contributed by atoms with Crippen molar-refractivity contribution in [3.63, 3.8) is 0 Å². The number of carbonyl (C=O) groups is 2. The fraction of sp³-hybridized carbons (Fsp3) is 0.348. The zero-order chi connectivity index (χ0) is 22.0. The number of rotatable bonds is 5. The number of hydrogen-bond acceptors (Lipinski definition) is 4. The second kappa shape index (κ2) is 8.47. The van der Waals surface area contributed by atoms with Crippen molar-refractivity contribution in [1.29, 1.82) is 0 Å². The molecule has 8 heteroatoms. The summed E-state index contributed by atoms with van der Waals surface area (Å²) in [7, 11) is 0. The molecule has 0 bridgehead atoms. The van der Waals surface area contributed by atoms with Gasteiger partial charge in [-0.15, -0.1) is 0 Å². The molecule has 0 radical (unpaired) electrons. The summed E-state index contributed by atoms with van der Waals surface area (Å²) in [5.41, 5.74) is 1.24. The van der Waals surface area contributed by atoms with Gasteiger partial charge in [0.1, 0.15) is 5.82 Å². The van der Waals surface area contributed by atoms with Crippen LogP contribution in [0.4, 0.5) is 10.1 Å². The number of benzene rings is 2. The van der Waals surface area contributed by atoms with Gasteiger partial charge in [0, 0.05) is 31.1 Å². The van der Waals surface area contributed by atoms with Gasteiger partial charge >= 0.3 is 0 Å². The monoisotopic (exact) mass is 424 g/mol. The van der Waals surface area contributed by atoms with Crippen molar-refractivity contribution >= 4 is 28.4 Å². The van der Waals surface area contributed by atoms with Gasteiger partial charge in [0.05, 0.1) is 30.3 Å². The molecule has 2 N–H and O–H groups in total. The molecule has 1 aliphatic heterocycles. The van der Waals surface area contributed by atoms with Gasteiger partial charge in [-0.05, 0) is 48.7 Å².